The lowest BCUT2D eigenvalue weighted by Gasteiger charge is -2.02. The van der Waals surface area contributed by atoms with Gasteiger partial charge in [-0.3, -0.25) is 4.79 Å². The Bertz CT molecular complexity index is 642. The number of azo groups is 1. The summed E-state index contributed by atoms with van der Waals surface area (Å²) in [5, 5.41) is 19.2. The van der Waals surface area contributed by atoms with E-state index in [1.165, 1.54) is 0 Å². The molecule has 0 aromatic heterocycles. The highest BCUT2D eigenvalue weighted by molar-refractivity contribution is 5.92. The lowest BCUT2D eigenvalue weighted by atomic mass is 10.3. The highest BCUT2D eigenvalue weighted by atomic mass is 16.1. The first-order chi connectivity index (χ1) is 9.78. The number of carbonyl (C=O) groups is 1. The summed E-state index contributed by atoms with van der Waals surface area (Å²) in [5.74, 6) is -0.328. The molecule has 2 aromatic rings. The van der Waals surface area contributed by atoms with Crippen LogP contribution in [0.3, 0.4) is 0 Å². The Morgan fingerprint density at radius 1 is 1.00 bits per heavy atom. The van der Waals surface area contributed by atoms with Crippen LogP contribution in [0.25, 0.3) is 0 Å². The quantitative estimate of drug-likeness (QED) is 0.848. The number of rotatable bonds is 4. The Balaban J connectivity index is 2.00. The van der Waals surface area contributed by atoms with Crippen molar-refractivity contribution < 1.29 is 4.79 Å². The average molecular weight is 264 g/mol. The number of benzene rings is 2. The minimum atomic E-state index is -0.328. The minimum Gasteiger partial charge on any atom is -0.325 e. The van der Waals surface area contributed by atoms with Crippen molar-refractivity contribution in [2.45, 2.75) is 6.42 Å². The fourth-order valence-electron chi connectivity index (χ4n) is 1.50. The zero-order valence-corrected chi connectivity index (χ0v) is 10.7. The van der Waals surface area contributed by atoms with E-state index in [0.29, 0.717) is 11.4 Å². The van der Waals surface area contributed by atoms with Crippen LogP contribution in [0, 0.1) is 11.3 Å². The van der Waals surface area contributed by atoms with Crippen molar-refractivity contribution in [2.24, 2.45) is 10.2 Å². The summed E-state index contributed by atoms with van der Waals surface area (Å²) in [4.78, 5) is 11.2. The predicted molar refractivity (Wildman–Crippen MR) is 75.9 cm³/mol. The van der Waals surface area contributed by atoms with Crippen LogP contribution in [0.1, 0.15) is 6.42 Å². The fraction of sp³-hybridized carbons (Fsp3) is 0.0667. The molecule has 0 saturated heterocycles. The van der Waals surface area contributed by atoms with Gasteiger partial charge in [0.15, 0.2) is 0 Å². The topological polar surface area (TPSA) is 77.6 Å². The molecular weight excluding hydrogens is 252 g/mol. The summed E-state index contributed by atoms with van der Waals surface area (Å²) in [5.41, 5.74) is 2.09. The Hall–Kier alpha value is -3.00. The molecule has 0 aliphatic heterocycles. The zero-order chi connectivity index (χ0) is 14.2. The van der Waals surface area contributed by atoms with Gasteiger partial charge in [0.25, 0.3) is 0 Å². The number of hydrogen-bond donors (Lipinski definition) is 1. The third kappa shape index (κ3) is 4.03. The summed E-state index contributed by atoms with van der Waals surface area (Å²) < 4.78 is 0. The van der Waals surface area contributed by atoms with Gasteiger partial charge in [0.1, 0.15) is 6.42 Å². The van der Waals surface area contributed by atoms with Crippen LogP contribution in [-0.2, 0) is 4.79 Å². The number of carbonyl (C=O) groups excluding carboxylic acids is 1. The standard InChI is InChI=1S/C15H12N4O/c16-11-10-15(20)17-12-6-8-14(9-7-12)19-18-13-4-2-1-3-5-13/h1-9H,10H2,(H,17,20). The lowest BCUT2D eigenvalue weighted by molar-refractivity contribution is -0.115. The Kier molecular flexibility index (Phi) is 4.57. The van der Waals surface area contributed by atoms with Gasteiger partial charge < -0.3 is 5.32 Å². The number of nitriles is 1. The third-order valence-electron chi connectivity index (χ3n) is 2.43. The van der Waals surface area contributed by atoms with E-state index in [1.54, 1.807) is 30.3 Å². The zero-order valence-electron chi connectivity index (χ0n) is 10.7. The van der Waals surface area contributed by atoms with E-state index in [-0.39, 0.29) is 12.3 Å². The van der Waals surface area contributed by atoms with Crippen molar-refractivity contribution in [3.05, 3.63) is 54.6 Å². The molecule has 0 unspecified atom stereocenters. The normalized spacial score (nSPS) is 10.2. The van der Waals surface area contributed by atoms with E-state index >= 15 is 0 Å². The molecule has 5 nitrogen and oxygen atoms in total. The fourth-order valence-corrected chi connectivity index (χ4v) is 1.50. The predicted octanol–water partition coefficient (Wildman–Crippen LogP) is 3.95. The molecule has 0 radical (unpaired) electrons. The van der Waals surface area contributed by atoms with Crippen LogP contribution in [0.2, 0.25) is 0 Å². The number of nitrogens with one attached hydrogen (secondary N) is 1. The van der Waals surface area contributed by atoms with Crippen LogP contribution >= 0.6 is 0 Å². The van der Waals surface area contributed by atoms with Crippen LogP contribution in [0.4, 0.5) is 17.1 Å². The summed E-state index contributed by atoms with van der Waals surface area (Å²) in [6, 6.07) is 18.1. The van der Waals surface area contributed by atoms with Gasteiger partial charge in [0.05, 0.1) is 17.4 Å². The van der Waals surface area contributed by atoms with E-state index in [1.807, 2.05) is 30.3 Å². The van der Waals surface area contributed by atoms with E-state index in [0.717, 1.165) is 5.69 Å². The summed E-state index contributed by atoms with van der Waals surface area (Å²) >= 11 is 0. The van der Waals surface area contributed by atoms with E-state index in [2.05, 4.69) is 15.5 Å². The van der Waals surface area contributed by atoms with Gasteiger partial charge in [-0.25, -0.2) is 0 Å². The Morgan fingerprint density at radius 2 is 1.60 bits per heavy atom. The molecular formula is C15H12N4O. The van der Waals surface area contributed by atoms with Crippen molar-refractivity contribution in [3.63, 3.8) is 0 Å². The molecule has 0 fully saturated rings. The van der Waals surface area contributed by atoms with E-state index < -0.39 is 0 Å². The molecule has 0 spiro atoms. The summed E-state index contributed by atoms with van der Waals surface area (Å²) in [6.07, 6.45) is -0.157. The first-order valence-corrected chi connectivity index (χ1v) is 6.01. The maximum atomic E-state index is 11.2. The van der Waals surface area contributed by atoms with Crippen molar-refractivity contribution in [3.8, 4) is 6.07 Å². The minimum absolute atomic E-state index is 0.157. The molecule has 0 saturated carbocycles. The molecule has 0 heterocycles. The van der Waals surface area contributed by atoms with Gasteiger partial charge in [-0.1, -0.05) is 18.2 Å². The van der Waals surface area contributed by atoms with Gasteiger partial charge in [-0.2, -0.15) is 15.5 Å². The van der Waals surface area contributed by atoms with Crippen LogP contribution in [0.15, 0.2) is 64.8 Å². The van der Waals surface area contributed by atoms with E-state index in [9.17, 15) is 4.79 Å². The van der Waals surface area contributed by atoms with Crippen molar-refractivity contribution >= 4 is 23.0 Å². The maximum absolute atomic E-state index is 11.2. The number of anilines is 1. The molecule has 0 bridgehead atoms. The molecule has 1 N–H and O–H groups in total. The first kappa shape index (κ1) is 13.4. The molecule has 5 heteroatoms. The van der Waals surface area contributed by atoms with Crippen molar-refractivity contribution in [2.75, 3.05) is 5.32 Å². The monoisotopic (exact) mass is 264 g/mol. The lowest BCUT2D eigenvalue weighted by Crippen LogP contribution is -2.09. The van der Waals surface area contributed by atoms with E-state index in [4.69, 9.17) is 5.26 Å². The van der Waals surface area contributed by atoms with Crippen LogP contribution < -0.4 is 5.32 Å². The number of hydrogen-bond acceptors (Lipinski definition) is 4. The number of amides is 1. The highest BCUT2D eigenvalue weighted by Crippen LogP contribution is 2.19. The van der Waals surface area contributed by atoms with Gasteiger partial charge in [-0.05, 0) is 36.4 Å². The largest absolute Gasteiger partial charge is 0.325 e. The first-order valence-electron chi connectivity index (χ1n) is 6.01. The molecule has 0 atom stereocenters. The molecule has 0 aliphatic rings. The maximum Gasteiger partial charge on any atom is 0.238 e. The second kappa shape index (κ2) is 6.81. The SMILES string of the molecule is N#CCC(=O)Nc1ccc(N=Nc2ccccc2)cc1. The highest BCUT2D eigenvalue weighted by Gasteiger charge is 2.00. The Morgan fingerprint density at radius 3 is 2.20 bits per heavy atom. The molecule has 20 heavy (non-hydrogen) atoms. The van der Waals surface area contributed by atoms with Crippen molar-refractivity contribution in [1.29, 1.82) is 5.26 Å². The van der Waals surface area contributed by atoms with Gasteiger partial charge in [0, 0.05) is 5.69 Å². The molecule has 1 amide bonds. The van der Waals surface area contributed by atoms with Gasteiger partial charge in [-0.15, -0.1) is 0 Å². The van der Waals surface area contributed by atoms with Crippen LogP contribution in [0.5, 0.6) is 0 Å². The summed E-state index contributed by atoms with van der Waals surface area (Å²) in [6.45, 7) is 0. The Labute approximate surface area is 116 Å². The van der Waals surface area contributed by atoms with Gasteiger partial charge in [0.2, 0.25) is 5.91 Å². The van der Waals surface area contributed by atoms with Crippen LogP contribution in [-0.4, -0.2) is 5.91 Å². The summed E-state index contributed by atoms with van der Waals surface area (Å²) in [7, 11) is 0. The second-order valence-electron chi connectivity index (χ2n) is 3.97. The van der Waals surface area contributed by atoms with Crippen molar-refractivity contribution in [1.82, 2.24) is 0 Å². The molecule has 2 rings (SSSR count). The third-order valence-corrected chi connectivity index (χ3v) is 2.43. The molecule has 2 aromatic carbocycles. The average Bonchev–Trinajstić information content (AvgIpc) is 2.48. The second-order valence-corrected chi connectivity index (χ2v) is 3.97. The molecule has 98 valence electrons. The molecule has 0 aliphatic carbocycles. The van der Waals surface area contributed by atoms with Gasteiger partial charge >= 0.3 is 0 Å². The smallest absolute Gasteiger partial charge is 0.238 e. The number of nitrogens with zero attached hydrogens (tertiary/aromatic N) is 3.